The molecule has 2 aromatic rings. The van der Waals surface area contributed by atoms with Crippen molar-refractivity contribution in [3.63, 3.8) is 0 Å². The smallest absolute Gasteiger partial charge is 0.416 e. The third-order valence-corrected chi connectivity index (χ3v) is 3.05. The molecule has 0 aromatic heterocycles. The second kappa shape index (κ2) is 5.49. The van der Waals surface area contributed by atoms with Crippen LogP contribution in [0.4, 0.5) is 13.2 Å². The second-order valence-corrected chi connectivity index (χ2v) is 4.64. The van der Waals surface area contributed by atoms with Gasteiger partial charge in [0.05, 0.1) is 11.1 Å². The van der Waals surface area contributed by atoms with E-state index in [1.807, 2.05) is 32.0 Å². The Labute approximate surface area is 120 Å². The summed E-state index contributed by atoms with van der Waals surface area (Å²) in [5.41, 5.74) is 0.679. The first-order valence-electron chi connectivity index (χ1n) is 6.18. The molecule has 0 heterocycles. The van der Waals surface area contributed by atoms with Gasteiger partial charge in [-0.1, -0.05) is 18.2 Å². The van der Waals surface area contributed by atoms with Crippen LogP contribution in [0.15, 0.2) is 36.4 Å². The van der Waals surface area contributed by atoms with E-state index in [0.717, 1.165) is 23.3 Å². The summed E-state index contributed by atoms with van der Waals surface area (Å²) in [6.07, 6.45) is -4.48. The minimum absolute atomic E-state index is 0.114. The number of rotatable bonds is 2. The molecule has 2 aromatic carbocycles. The molecular weight excluding hydrogens is 279 g/mol. The van der Waals surface area contributed by atoms with Gasteiger partial charge in [0.15, 0.2) is 0 Å². The monoisotopic (exact) mass is 291 g/mol. The lowest BCUT2D eigenvalue weighted by Crippen LogP contribution is -2.05. The Balaban J connectivity index is 2.44. The van der Waals surface area contributed by atoms with Gasteiger partial charge in [-0.25, -0.2) is 0 Å². The lowest BCUT2D eigenvalue weighted by atomic mass is 10.1. The van der Waals surface area contributed by atoms with Crippen LogP contribution in [0.25, 0.3) is 0 Å². The number of nitriles is 1. The number of alkyl halides is 3. The predicted octanol–water partition coefficient (Wildman–Crippen LogP) is 4.99. The maximum absolute atomic E-state index is 12.6. The lowest BCUT2D eigenvalue weighted by Gasteiger charge is -2.14. The molecule has 0 radical (unpaired) electrons. The van der Waals surface area contributed by atoms with Gasteiger partial charge in [-0.2, -0.15) is 18.4 Å². The summed E-state index contributed by atoms with van der Waals surface area (Å²) < 4.78 is 43.6. The van der Waals surface area contributed by atoms with Crippen LogP contribution in [0.1, 0.15) is 22.3 Å². The van der Waals surface area contributed by atoms with E-state index in [1.165, 1.54) is 6.07 Å². The van der Waals surface area contributed by atoms with E-state index in [1.54, 1.807) is 6.07 Å². The summed E-state index contributed by atoms with van der Waals surface area (Å²) in [7, 11) is 0. The van der Waals surface area contributed by atoms with Crippen LogP contribution in [-0.4, -0.2) is 0 Å². The van der Waals surface area contributed by atoms with Gasteiger partial charge < -0.3 is 4.74 Å². The van der Waals surface area contributed by atoms with Gasteiger partial charge >= 0.3 is 6.18 Å². The quantitative estimate of drug-likeness (QED) is 0.781. The summed E-state index contributed by atoms with van der Waals surface area (Å²) in [6, 6.07) is 10.1. The van der Waals surface area contributed by atoms with Gasteiger partial charge in [0, 0.05) is 0 Å². The first-order chi connectivity index (χ1) is 9.82. The molecule has 0 aliphatic rings. The first kappa shape index (κ1) is 14.9. The Morgan fingerprint density at radius 1 is 1.05 bits per heavy atom. The summed E-state index contributed by atoms with van der Waals surface area (Å²) in [5.74, 6) is 0.664. The van der Waals surface area contributed by atoms with Crippen LogP contribution in [0.3, 0.4) is 0 Å². The van der Waals surface area contributed by atoms with Gasteiger partial charge in [-0.15, -0.1) is 0 Å². The number of hydrogen-bond acceptors (Lipinski definition) is 2. The zero-order chi connectivity index (χ0) is 15.6. The van der Waals surface area contributed by atoms with E-state index < -0.39 is 11.7 Å². The highest BCUT2D eigenvalue weighted by molar-refractivity contribution is 5.50. The fourth-order valence-corrected chi connectivity index (χ4v) is 1.95. The van der Waals surface area contributed by atoms with Crippen LogP contribution >= 0.6 is 0 Å². The molecular formula is C16H12F3NO. The van der Waals surface area contributed by atoms with Gasteiger partial charge in [0.25, 0.3) is 0 Å². The Kier molecular flexibility index (Phi) is 3.90. The first-order valence-corrected chi connectivity index (χ1v) is 6.18. The molecule has 21 heavy (non-hydrogen) atoms. The maximum Gasteiger partial charge on any atom is 0.416 e. The van der Waals surface area contributed by atoms with E-state index in [9.17, 15) is 13.2 Å². The van der Waals surface area contributed by atoms with Crippen molar-refractivity contribution in [2.45, 2.75) is 20.0 Å². The van der Waals surface area contributed by atoms with E-state index in [2.05, 4.69) is 0 Å². The molecule has 0 fully saturated rings. The molecule has 0 unspecified atom stereocenters. The van der Waals surface area contributed by atoms with Crippen molar-refractivity contribution >= 4 is 0 Å². The number of benzene rings is 2. The Morgan fingerprint density at radius 3 is 2.19 bits per heavy atom. The maximum atomic E-state index is 12.6. The van der Waals surface area contributed by atoms with Crippen LogP contribution in [0, 0.1) is 25.2 Å². The fraction of sp³-hybridized carbons (Fsp3) is 0.188. The third-order valence-electron chi connectivity index (χ3n) is 3.05. The van der Waals surface area contributed by atoms with Gasteiger partial charge in [-0.3, -0.25) is 0 Å². The number of para-hydroxylation sites is 1. The summed E-state index contributed by atoms with van der Waals surface area (Å²) in [6.45, 7) is 3.66. The molecule has 0 N–H and O–H groups in total. The van der Waals surface area contributed by atoms with Crippen molar-refractivity contribution in [1.82, 2.24) is 0 Å². The minimum Gasteiger partial charge on any atom is -0.455 e. The average Bonchev–Trinajstić information content (AvgIpc) is 2.42. The normalized spacial score (nSPS) is 11.0. The van der Waals surface area contributed by atoms with E-state index >= 15 is 0 Å². The van der Waals surface area contributed by atoms with E-state index in [4.69, 9.17) is 10.00 Å². The standard InChI is InChI=1S/C16H12F3NO/c1-10-4-3-5-11(2)15(10)21-14-7-6-13(16(17,18)19)8-12(14)9-20/h3-8H,1-2H3. The van der Waals surface area contributed by atoms with E-state index in [-0.39, 0.29) is 11.3 Å². The molecule has 0 saturated carbocycles. The molecule has 0 aliphatic carbocycles. The van der Waals surface area contributed by atoms with Crippen LogP contribution < -0.4 is 4.74 Å². The lowest BCUT2D eigenvalue weighted by molar-refractivity contribution is -0.137. The van der Waals surface area contributed by atoms with Gasteiger partial charge in [0.2, 0.25) is 0 Å². The van der Waals surface area contributed by atoms with E-state index in [0.29, 0.717) is 5.75 Å². The van der Waals surface area contributed by atoms with Crippen molar-refractivity contribution in [3.8, 4) is 17.6 Å². The third kappa shape index (κ3) is 3.16. The molecule has 2 rings (SSSR count). The summed E-state index contributed by atoms with van der Waals surface area (Å²) in [5, 5.41) is 9.03. The number of aryl methyl sites for hydroxylation is 2. The number of ether oxygens (including phenoxy) is 1. The SMILES string of the molecule is Cc1cccc(C)c1Oc1ccc(C(F)(F)F)cc1C#N. The predicted molar refractivity (Wildman–Crippen MR) is 72.1 cm³/mol. The summed E-state index contributed by atoms with van der Waals surface area (Å²) in [4.78, 5) is 0. The van der Waals surface area contributed by atoms with Crippen LogP contribution in [-0.2, 0) is 6.18 Å². The highest BCUT2D eigenvalue weighted by atomic mass is 19.4. The number of hydrogen-bond donors (Lipinski definition) is 0. The summed E-state index contributed by atoms with van der Waals surface area (Å²) >= 11 is 0. The molecule has 5 heteroatoms. The highest BCUT2D eigenvalue weighted by Gasteiger charge is 2.31. The molecule has 2 nitrogen and oxygen atoms in total. The Bertz CT molecular complexity index is 694. The van der Waals surface area contributed by atoms with Crippen molar-refractivity contribution in [2.24, 2.45) is 0 Å². The zero-order valence-electron chi connectivity index (χ0n) is 11.5. The molecule has 0 aliphatic heterocycles. The number of nitrogens with zero attached hydrogens (tertiary/aromatic N) is 1. The highest BCUT2D eigenvalue weighted by Crippen LogP contribution is 2.35. The van der Waals surface area contributed by atoms with Crippen molar-refractivity contribution in [2.75, 3.05) is 0 Å². The van der Waals surface area contributed by atoms with Gasteiger partial charge in [0.1, 0.15) is 17.6 Å². The van der Waals surface area contributed by atoms with Crippen molar-refractivity contribution in [1.29, 1.82) is 5.26 Å². The fourth-order valence-electron chi connectivity index (χ4n) is 1.95. The van der Waals surface area contributed by atoms with Crippen molar-refractivity contribution < 1.29 is 17.9 Å². The minimum atomic E-state index is -4.48. The molecule has 0 spiro atoms. The van der Waals surface area contributed by atoms with Crippen LogP contribution in [0.5, 0.6) is 11.5 Å². The topological polar surface area (TPSA) is 33.0 Å². The average molecular weight is 291 g/mol. The van der Waals surface area contributed by atoms with Gasteiger partial charge in [-0.05, 0) is 43.2 Å². The molecule has 0 atom stereocenters. The zero-order valence-corrected chi connectivity index (χ0v) is 11.5. The largest absolute Gasteiger partial charge is 0.455 e. The molecule has 0 bridgehead atoms. The van der Waals surface area contributed by atoms with Crippen LogP contribution in [0.2, 0.25) is 0 Å². The second-order valence-electron chi connectivity index (χ2n) is 4.64. The Morgan fingerprint density at radius 2 is 1.67 bits per heavy atom. The Hall–Kier alpha value is -2.48. The molecule has 108 valence electrons. The molecule has 0 saturated heterocycles. The number of halogens is 3. The van der Waals surface area contributed by atoms with Crippen molar-refractivity contribution in [3.05, 3.63) is 58.7 Å². The molecule has 0 amide bonds.